The first-order valence-electron chi connectivity index (χ1n) is 20.9. The molecule has 59 heavy (non-hydrogen) atoms. The van der Waals surface area contributed by atoms with Crippen molar-refractivity contribution in [3.8, 4) is 33.4 Å². The molecular formula is C56H49N3. The molecule has 0 atom stereocenters. The number of hydrogen-bond donors (Lipinski definition) is 2. The molecule has 9 aromatic rings. The average molecular weight is 764 g/mol. The Balaban J connectivity index is 0.000000148. The Kier molecular flexibility index (Phi) is 10.3. The number of fused-ring (bicyclic) bond motifs is 13. The van der Waals surface area contributed by atoms with Crippen LogP contribution in [0.5, 0.6) is 0 Å². The van der Waals surface area contributed by atoms with Crippen molar-refractivity contribution >= 4 is 27.6 Å². The van der Waals surface area contributed by atoms with Crippen molar-refractivity contribution in [2.75, 3.05) is 0 Å². The minimum absolute atomic E-state index is 0.121. The number of para-hydroxylation sites is 1. The lowest BCUT2D eigenvalue weighted by molar-refractivity contribution is 0.794. The summed E-state index contributed by atoms with van der Waals surface area (Å²) in [5.74, 6) is 0.121. The highest BCUT2D eigenvalue weighted by Gasteiger charge is 2.51. The minimum atomic E-state index is -0.275. The first kappa shape index (κ1) is 37.6. The predicted molar refractivity (Wildman–Crippen MR) is 249 cm³/mol. The minimum Gasteiger partial charge on any atom is -0.384 e. The summed E-state index contributed by atoms with van der Waals surface area (Å²) in [4.78, 5) is 0. The Labute approximate surface area is 348 Å². The molecule has 0 aliphatic heterocycles. The van der Waals surface area contributed by atoms with E-state index in [0.717, 1.165) is 12.1 Å². The molecule has 3 heteroatoms. The van der Waals surface area contributed by atoms with Gasteiger partial charge in [0.05, 0.1) is 5.41 Å². The fourth-order valence-electron chi connectivity index (χ4n) is 9.47. The van der Waals surface area contributed by atoms with Gasteiger partial charge < -0.3 is 10.3 Å². The van der Waals surface area contributed by atoms with E-state index < -0.39 is 0 Å². The standard InChI is InChI=1S/C33H23N.C16H18.C7H8N2/c1-2-34-31-18-10-6-14-24(31)26-19-30-25(20-32(26)34)23-13-5-9-17-29(23)33(30)27-15-7-3-11-21(27)22-12-4-8-16-28(22)33;1-2-3-7-14-10-12-16(13-11-14)15-8-5-4-6-9-15;8-7(9)6-4-2-1-3-5-6/h3-20H,2H2,1H3;4-6,8-13H,2-3,7H2,1H3;1-5H,(H3,8,9). The topological polar surface area (TPSA) is 54.8 Å². The third kappa shape index (κ3) is 6.53. The molecule has 288 valence electrons. The van der Waals surface area contributed by atoms with E-state index in [-0.39, 0.29) is 11.3 Å². The number of nitrogens with zero attached hydrogens (tertiary/aromatic N) is 1. The molecule has 3 N–H and O–H groups in total. The summed E-state index contributed by atoms with van der Waals surface area (Å²) in [6.45, 7) is 5.44. The number of hydrogen-bond acceptors (Lipinski definition) is 1. The number of rotatable bonds is 6. The van der Waals surface area contributed by atoms with Crippen LogP contribution in [0.2, 0.25) is 0 Å². The van der Waals surface area contributed by atoms with Gasteiger partial charge in [0.2, 0.25) is 0 Å². The summed E-state index contributed by atoms with van der Waals surface area (Å²) in [7, 11) is 0. The molecule has 2 aliphatic rings. The van der Waals surface area contributed by atoms with Gasteiger partial charge in [-0.1, -0.05) is 189 Å². The smallest absolute Gasteiger partial charge is 0.122 e. The monoisotopic (exact) mass is 763 g/mol. The molecule has 8 aromatic carbocycles. The van der Waals surface area contributed by atoms with Gasteiger partial charge in [0.15, 0.2) is 0 Å². The van der Waals surface area contributed by atoms with E-state index in [1.54, 1.807) is 0 Å². The van der Waals surface area contributed by atoms with Crippen molar-refractivity contribution < 1.29 is 0 Å². The van der Waals surface area contributed by atoms with Crippen molar-refractivity contribution in [1.82, 2.24) is 4.57 Å². The van der Waals surface area contributed by atoms with E-state index in [0.29, 0.717) is 0 Å². The zero-order chi connectivity index (χ0) is 40.3. The van der Waals surface area contributed by atoms with E-state index in [1.165, 1.54) is 102 Å². The molecule has 1 spiro atoms. The van der Waals surface area contributed by atoms with Gasteiger partial charge in [-0.25, -0.2) is 0 Å². The highest BCUT2D eigenvalue weighted by molar-refractivity contribution is 6.11. The maximum atomic E-state index is 7.01. The zero-order valence-electron chi connectivity index (χ0n) is 33.8. The summed E-state index contributed by atoms with van der Waals surface area (Å²) >= 11 is 0. The number of nitrogen functional groups attached to an aromatic ring is 1. The van der Waals surface area contributed by atoms with Gasteiger partial charge in [-0.3, -0.25) is 5.41 Å². The van der Waals surface area contributed by atoms with Gasteiger partial charge in [-0.15, -0.1) is 0 Å². The largest absolute Gasteiger partial charge is 0.384 e. The Morgan fingerprint density at radius 2 is 1.00 bits per heavy atom. The quantitative estimate of drug-likeness (QED) is 0.129. The van der Waals surface area contributed by atoms with Crippen LogP contribution in [0.3, 0.4) is 0 Å². The Bertz CT molecular complexity index is 2870. The van der Waals surface area contributed by atoms with Crippen LogP contribution in [0.25, 0.3) is 55.2 Å². The van der Waals surface area contributed by atoms with Crippen molar-refractivity contribution in [3.05, 3.63) is 228 Å². The van der Waals surface area contributed by atoms with Gasteiger partial charge in [-0.05, 0) is 99.2 Å². The van der Waals surface area contributed by atoms with Crippen molar-refractivity contribution in [3.63, 3.8) is 0 Å². The zero-order valence-corrected chi connectivity index (χ0v) is 33.8. The Hall–Kier alpha value is -6.97. The second-order valence-corrected chi connectivity index (χ2v) is 15.5. The van der Waals surface area contributed by atoms with Crippen LogP contribution in [-0.4, -0.2) is 10.4 Å². The lowest BCUT2D eigenvalue weighted by Gasteiger charge is -2.30. The lowest BCUT2D eigenvalue weighted by atomic mass is 9.70. The predicted octanol–water partition coefficient (Wildman–Crippen LogP) is 13.8. The normalized spacial score (nSPS) is 12.4. The molecule has 0 amide bonds. The fraction of sp³-hybridized carbons (Fsp3) is 0.125. The molecule has 1 aromatic heterocycles. The maximum absolute atomic E-state index is 7.01. The third-order valence-electron chi connectivity index (χ3n) is 12.2. The van der Waals surface area contributed by atoms with Crippen molar-refractivity contribution in [2.24, 2.45) is 5.73 Å². The number of nitrogens with one attached hydrogen (secondary N) is 1. The van der Waals surface area contributed by atoms with E-state index in [4.69, 9.17) is 11.1 Å². The SMILES string of the molecule is CCCCc1ccc(-c2ccccc2)cc1.CCn1c2ccccc2c2cc3c(cc21)-c1ccccc1C31c2ccccc2-c2ccccc21.N=C(N)c1ccccc1. The van der Waals surface area contributed by atoms with Gasteiger partial charge in [0.25, 0.3) is 0 Å². The summed E-state index contributed by atoms with van der Waals surface area (Å²) < 4.78 is 2.47. The van der Waals surface area contributed by atoms with Crippen LogP contribution in [0.4, 0.5) is 0 Å². The second-order valence-electron chi connectivity index (χ2n) is 15.5. The Morgan fingerprint density at radius 3 is 1.56 bits per heavy atom. The number of unbranched alkanes of at least 4 members (excludes halogenated alkanes) is 1. The molecule has 0 saturated heterocycles. The lowest BCUT2D eigenvalue weighted by Crippen LogP contribution is -2.25. The highest BCUT2D eigenvalue weighted by atomic mass is 15.0. The molecule has 0 saturated carbocycles. The summed E-state index contributed by atoms with van der Waals surface area (Å²) in [6, 6.07) is 69.6. The molecule has 0 unspecified atom stereocenters. The van der Waals surface area contributed by atoms with Crippen LogP contribution in [0.15, 0.2) is 194 Å². The molecule has 0 fully saturated rings. The second kappa shape index (κ2) is 16.1. The summed E-state index contributed by atoms with van der Waals surface area (Å²) in [5.41, 5.74) is 23.5. The van der Waals surface area contributed by atoms with Crippen LogP contribution >= 0.6 is 0 Å². The molecule has 3 nitrogen and oxygen atoms in total. The third-order valence-corrected chi connectivity index (χ3v) is 12.2. The maximum Gasteiger partial charge on any atom is 0.122 e. The molecule has 2 aliphatic carbocycles. The van der Waals surface area contributed by atoms with Crippen LogP contribution < -0.4 is 5.73 Å². The molecular weight excluding hydrogens is 715 g/mol. The molecule has 0 radical (unpaired) electrons. The molecule has 11 rings (SSSR count). The van der Waals surface area contributed by atoms with Gasteiger partial charge in [0, 0.05) is 33.9 Å². The Morgan fingerprint density at radius 1 is 0.492 bits per heavy atom. The van der Waals surface area contributed by atoms with E-state index >= 15 is 0 Å². The summed E-state index contributed by atoms with van der Waals surface area (Å²) in [6.07, 6.45) is 3.75. The van der Waals surface area contributed by atoms with E-state index in [2.05, 4.69) is 182 Å². The average Bonchev–Trinajstić information content (AvgIpc) is 3.90. The van der Waals surface area contributed by atoms with Crippen molar-refractivity contribution in [1.29, 1.82) is 5.41 Å². The first-order chi connectivity index (χ1) is 29.0. The molecule has 0 bridgehead atoms. The molecule has 1 heterocycles. The van der Waals surface area contributed by atoms with Crippen LogP contribution in [0, 0.1) is 5.41 Å². The number of nitrogens with two attached hydrogens (primary N) is 1. The first-order valence-corrected chi connectivity index (χ1v) is 20.9. The van der Waals surface area contributed by atoms with E-state index in [9.17, 15) is 0 Å². The number of aromatic nitrogens is 1. The van der Waals surface area contributed by atoms with Crippen LogP contribution in [-0.2, 0) is 18.4 Å². The number of aryl methyl sites for hydroxylation is 2. The summed E-state index contributed by atoms with van der Waals surface area (Å²) in [5, 5.41) is 9.71. The van der Waals surface area contributed by atoms with Crippen molar-refractivity contribution in [2.45, 2.75) is 45.1 Å². The highest BCUT2D eigenvalue weighted by Crippen LogP contribution is 2.63. The van der Waals surface area contributed by atoms with Gasteiger partial charge in [-0.2, -0.15) is 0 Å². The van der Waals surface area contributed by atoms with Gasteiger partial charge >= 0.3 is 0 Å². The number of benzene rings is 8. The number of amidine groups is 1. The fourth-order valence-corrected chi connectivity index (χ4v) is 9.47. The van der Waals surface area contributed by atoms with Gasteiger partial charge in [0.1, 0.15) is 5.84 Å². The van der Waals surface area contributed by atoms with Crippen LogP contribution in [0.1, 0.15) is 60.1 Å². The van der Waals surface area contributed by atoms with E-state index in [1.807, 2.05) is 30.3 Å².